The second-order valence-electron chi connectivity index (χ2n) is 5.86. The van der Waals surface area contributed by atoms with Crippen LogP contribution in [0.1, 0.15) is 38.4 Å². The minimum absolute atomic E-state index is 0.121. The van der Waals surface area contributed by atoms with Crippen LogP contribution in [0, 0.1) is 18.8 Å². The molecule has 0 saturated heterocycles. The van der Waals surface area contributed by atoms with Crippen LogP contribution in [0.15, 0.2) is 11.2 Å². The number of nitrogens with zero attached hydrogens (tertiary/aromatic N) is 2. The number of nitrogens with two attached hydrogens (primary N) is 1. The Balaban J connectivity index is 2.03. The number of rotatable bonds is 7. The van der Waals surface area contributed by atoms with Gasteiger partial charge in [-0.05, 0) is 44.6 Å². The van der Waals surface area contributed by atoms with Crippen molar-refractivity contribution in [2.24, 2.45) is 17.6 Å². The Morgan fingerprint density at radius 1 is 1.43 bits per heavy atom. The molecule has 2 rings (SSSR count). The van der Waals surface area contributed by atoms with Crippen LogP contribution in [-0.4, -0.2) is 31.1 Å². The quantitative estimate of drug-likeness (QED) is 0.792. The molecule has 7 heteroatoms. The third kappa shape index (κ3) is 3.84. The first-order chi connectivity index (χ1) is 9.97. The maximum absolute atomic E-state index is 12.3. The van der Waals surface area contributed by atoms with E-state index in [2.05, 4.69) is 16.6 Å². The van der Waals surface area contributed by atoms with Crippen molar-refractivity contribution >= 4 is 10.0 Å². The Kier molecular flexibility index (Phi) is 5.40. The topological polar surface area (TPSA) is 90.0 Å². The summed E-state index contributed by atoms with van der Waals surface area (Å²) >= 11 is 0. The van der Waals surface area contributed by atoms with Gasteiger partial charge in [0.1, 0.15) is 5.82 Å². The summed E-state index contributed by atoms with van der Waals surface area (Å²) in [6.07, 6.45) is 5.86. The van der Waals surface area contributed by atoms with Gasteiger partial charge in [0, 0.05) is 19.3 Å². The van der Waals surface area contributed by atoms with Crippen LogP contribution in [-0.2, 0) is 16.6 Å². The smallest absolute Gasteiger partial charge is 0.259 e. The van der Waals surface area contributed by atoms with E-state index < -0.39 is 10.0 Å². The van der Waals surface area contributed by atoms with Crippen LogP contribution in [0.4, 0.5) is 0 Å². The first-order valence-corrected chi connectivity index (χ1v) is 9.19. The summed E-state index contributed by atoms with van der Waals surface area (Å²) in [5.74, 6) is 1.52. The van der Waals surface area contributed by atoms with E-state index in [1.165, 1.54) is 0 Å². The summed E-state index contributed by atoms with van der Waals surface area (Å²) in [6, 6.07) is 0. The van der Waals surface area contributed by atoms with Gasteiger partial charge in [-0.2, -0.15) is 0 Å². The fourth-order valence-corrected chi connectivity index (χ4v) is 4.16. The highest BCUT2D eigenvalue weighted by atomic mass is 32.2. The number of sulfonamides is 1. The molecule has 1 aliphatic rings. The van der Waals surface area contributed by atoms with E-state index in [1.54, 1.807) is 6.20 Å². The van der Waals surface area contributed by atoms with Crippen molar-refractivity contribution in [2.75, 3.05) is 13.1 Å². The van der Waals surface area contributed by atoms with Gasteiger partial charge in [0.15, 0.2) is 5.03 Å². The van der Waals surface area contributed by atoms with Gasteiger partial charge in [-0.15, -0.1) is 0 Å². The molecule has 0 aliphatic heterocycles. The zero-order valence-corrected chi connectivity index (χ0v) is 13.7. The summed E-state index contributed by atoms with van der Waals surface area (Å²) in [5, 5.41) is 0.121. The minimum Gasteiger partial charge on any atom is -0.334 e. The molecule has 1 heterocycles. The van der Waals surface area contributed by atoms with E-state index in [1.807, 2.05) is 11.5 Å². The number of aromatic nitrogens is 2. The van der Waals surface area contributed by atoms with Gasteiger partial charge in [-0.1, -0.05) is 13.3 Å². The summed E-state index contributed by atoms with van der Waals surface area (Å²) in [5.41, 5.74) is 5.74. The molecule has 0 spiro atoms. The van der Waals surface area contributed by atoms with Crippen molar-refractivity contribution in [3.8, 4) is 0 Å². The normalized spacial score (nSPS) is 22.8. The number of hydrogen-bond acceptors (Lipinski definition) is 4. The highest BCUT2D eigenvalue weighted by molar-refractivity contribution is 7.89. The van der Waals surface area contributed by atoms with Crippen LogP contribution >= 0.6 is 0 Å². The average Bonchev–Trinajstić information content (AvgIpc) is 3.04. The third-order valence-electron chi connectivity index (χ3n) is 4.35. The maximum atomic E-state index is 12.3. The van der Waals surface area contributed by atoms with Crippen molar-refractivity contribution in [2.45, 2.75) is 51.1 Å². The molecule has 21 heavy (non-hydrogen) atoms. The fraction of sp³-hybridized carbons (Fsp3) is 0.786. The van der Waals surface area contributed by atoms with Crippen LogP contribution < -0.4 is 10.5 Å². The Hall–Kier alpha value is -0.920. The predicted octanol–water partition coefficient (Wildman–Crippen LogP) is 1.25. The number of imidazole rings is 1. The third-order valence-corrected chi connectivity index (χ3v) is 5.64. The van der Waals surface area contributed by atoms with Crippen molar-refractivity contribution in [3.05, 3.63) is 12.0 Å². The molecular formula is C14H26N4O2S. The highest BCUT2D eigenvalue weighted by Gasteiger charge is 2.28. The molecule has 120 valence electrons. The first-order valence-electron chi connectivity index (χ1n) is 7.71. The first kappa shape index (κ1) is 16.5. The zero-order chi connectivity index (χ0) is 15.5. The molecule has 1 fully saturated rings. The summed E-state index contributed by atoms with van der Waals surface area (Å²) in [4.78, 5) is 4.17. The van der Waals surface area contributed by atoms with E-state index in [4.69, 9.17) is 5.73 Å². The Morgan fingerprint density at radius 2 is 2.14 bits per heavy atom. The van der Waals surface area contributed by atoms with E-state index in [-0.39, 0.29) is 5.03 Å². The van der Waals surface area contributed by atoms with Crippen molar-refractivity contribution in [3.63, 3.8) is 0 Å². The molecule has 1 aromatic heterocycles. The van der Waals surface area contributed by atoms with Crippen molar-refractivity contribution in [1.82, 2.24) is 14.3 Å². The van der Waals surface area contributed by atoms with Gasteiger partial charge in [0.2, 0.25) is 0 Å². The second kappa shape index (κ2) is 6.89. The SMILES string of the molecule is CCCn1cc(S(=O)(=O)NCC2CCCC2CN)nc1C. The van der Waals surface area contributed by atoms with Gasteiger partial charge < -0.3 is 10.3 Å². The Bertz CT molecular complexity index is 568. The van der Waals surface area contributed by atoms with Crippen molar-refractivity contribution < 1.29 is 8.42 Å². The van der Waals surface area contributed by atoms with E-state index in [9.17, 15) is 8.42 Å². The van der Waals surface area contributed by atoms with Gasteiger partial charge in [0.25, 0.3) is 10.0 Å². The molecule has 1 saturated carbocycles. The standard InChI is InChI=1S/C14H26N4O2S/c1-3-7-18-10-14(17-11(18)2)21(19,20)16-9-13-6-4-5-12(13)8-15/h10,12-13,16H,3-9,15H2,1-2H3. The molecule has 0 amide bonds. The maximum Gasteiger partial charge on any atom is 0.259 e. The molecule has 3 N–H and O–H groups in total. The highest BCUT2D eigenvalue weighted by Crippen LogP contribution is 2.30. The number of aryl methyl sites for hydroxylation is 2. The second-order valence-corrected chi connectivity index (χ2v) is 7.57. The Labute approximate surface area is 127 Å². The van der Waals surface area contributed by atoms with Crippen LogP contribution in [0.5, 0.6) is 0 Å². The number of hydrogen-bond donors (Lipinski definition) is 2. The van der Waals surface area contributed by atoms with Crippen LogP contribution in [0.2, 0.25) is 0 Å². The monoisotopic (exact) mass is 314 g/mol. The molecule has 1 aliphatic carbocycles. The molecule has 0 radical (unpaired) electrons. The zero-order valence-electron chi connectivity index (χ0n) is 12.9. The van der Waals surface area contributed by atoms with E-state index >= 15 is 0 Å². The molecule has 0 aromatic carbocycles. The van der Waals surface area contributed by atoms with E-state index in [0.29, 0.717) is 24.9 Å². The lowest BCUT2D eigenvalue weighted by molar-refractivity contribution is 0.393. The van der Waals surface area contributed by atoms with Crippen LogP contribution in [0.25, 0.3) is 0 Å². The van der Waals surface area contributed by atoms with Gasteiger partial charge in [-0.3, -0.25) is 0 Å². The molecule has 1 aromatic rings. The summed E-state index contributed by atoms with van der Waals surface area (Å²) in [7, 11) is -3.52. The molecule has 2 unspecified atom stereocenters. The van der Waals surface area contributed by atoms with Gasteiger partial charge in [0.05, 0.1) is 0 Å². The van der Waals surface area contributed by atoms with Gasteiger partial charge >= 0.3 is 0 Å². The Morgan fingerprint density at radius 3 is 2.81 bits per heavy atom. The van der Waals surface area contributed by atoms with Crippen LogP contribution in [0.3, 0.4) is 0 Å². The van der Waals surface area contributed by atoms with Crippen molar-refractivity contribution in [1.29, 1.82) is 0 Å². The minimum atomic E-state index is -3.52. The lowest BCUT2D eigenvalue weighted by atomic mass is 9.97. The molecule has 0 bridgehead atoms. The van der Waals surface area contributed by atoms with E-state index in [0.717, 1.165) is 38.1 Å². The largest absolute Gasteiger partial charge is 0.334 e. The molecule has 6 nitrogen and oxygen atoms in total. The summed E-state index contributed by atoms with van der Waals surface area (Å²) < 4.78 is 29.3. The lowest BCUT2D eigenvalue weighted by Gasteiger charge is -2.17. The predicted molar refractivity (Wildman–Crippen MR) is 82.3 cm³/mol. The molecule has 2 atom stereocenters. The number of nitrogens with one attached hydrogen (secondary N) is 1. The van der Waals surface area contributed by atoms with Gasteiger partial charge in [-0.25, -0.2) is 18.1 Å². The average molecular weight is 314 g/mol. The molecular weight excluding hydrogens is 288 g/mol. The fourth-order valence-electron chi connectivity index (χ4n) is 3.06. The summed E-state index contributed by atoms with van der Waals surface area (Å²) in [6.45, 7) is 5.77. The lowest BCUT2D eigenvalue weighted by Crippen LogP contribution is -2.33.